The Balaban J connectivity index is 2.26. The van der Waals surface area contributed by atoms with Gasteiger partial charge in [-0.1, -0.05) is 6.92 Å². The van der Waals surface area contributed by atoms with E-state index in [1.165, 1.54) is 0 Å². The van der Waals surface area contributed by atoms with E-state index in [0.717, 1.165) is 37.3 Å². The zero-order chi connectivity index (χ0) is 13.2. The Hall–Kier alpha value is -1.36. The monoisotopic (exact) mass is 251 g/mol. The molecule has 5 nitrogen and oxygen atoms in total. The van der Waals surface area contributed by atoms with E-state index in [2.05, 4.69) is 17.3 Å². The van der Waals surface area contributed by atoms with Gasteiger partial charge in [-0.25, -0.2) is 0 Å². The van der Waals surface area contributed by atoms with Crippen molar-refractivity contribution in [1.82, 2.24) is 15.1 Å². The minimum absolute atomic E-state index is 0.517. The van der Waals surface area contributed by atoms with E-state index in [-0.39, 0.29) is 0 Å². The van der Waals surface area contributed by atoms with Crippen LogP contribution in [-0.2, 0) is 24.2 Å². The first-order chi connectivity index (χ1) is 8.61. The molecule has 1 fully saturated rings. The van der Waals surface area contributed by atoms with Crippen molar-refractivity contribution in [3.63, 3.8) is 0 Å². The maximum Gasteiger partial charge on any atom is 0.324 e. The first kappa shape index (κ1) is 13.1. The van der Waals surface area contributed by atoms with Gasteiger partial charge >= 0.3 is 5.97 Å². The van der Waals surface area contributed by atoms with Gasteiger partial charge in [0.05, 0.1) is 5.69 Å². The average Bonchev–Trinajstić information content (AvgIpc) is 2.97. The highest BCUT2D eigenvalue weighted by Gasteiger charge is 2.41. The van der Waals surface area contributed by atoms with Crippen LogP contribution < -0.4 is 5.32 Å². The van der Waals surface area contributed by atoms with Crippen molar-refractivity contribution >= 4 is 5.97 Å². The van der Waals surface area contributed by atoms with Gasteiger partial charge in [0.2, 0.25) is 0 Å². The summed E-state index contributed by atoms with van der Waals surface area (Å²) >= 11 is 0. The molecular weight excluding hydrogens is 230 g/mol. The minimum atomic E-state index is -0.794. The van der Waals surface area contributed by atoms with Gasteiger partial charge in [0.15, 0.2) is 0 Å². The van der Waals surface area contributed by atoms with Crippen LogP contribution in [0.25, 0.3) is 0 Å². The van der Waals surface area contributed by atoms with Gasteiger partial charge in [-0.3, -0.25) is 9.48 Å². The Morgan fingerprint density at radius 3 is 2.89 bits per heavy atom. The summed E-state index contributed by atoms with van der Waals surface area (Å²) in [6.45, 7) is 5.66. The third-order valence-corrected chi connectivity index (χ3v) is 3.71. The third kappa shape index (κ3) is 2.27. The summed E-state index contributed by atoms with van der Waals surface area (Å²) in [5, 5.41) is 17.1. The van der Waals surface area contributed by atoms with Crippen molar-refractivity contribution in [2.24, 2.45) is 0 Å². The van der Waals surface area contributed by atoms with Gasteiger partial charge < -0.3 is 10.4 Å². The lowest BCUT2D eigenvalue weighted by Gasteiger charge is -2.24. The molecule has 0 spiro atoms. The first-order valence-corrected chi connectivity index (χ1v) is 6.65. The Bertz CT molecular complexity index is 433. The van der Waals surface area contributed by atoms with Crippen LogP contribution in [-0.4, -0.2) is 32.9 Å². The highest BCUT2D eigenvalue weighted by Crippen LogP contribution is 2.25. The normalized spacial score (nSPS) is 23.4. The second-order valence-corrected chi connectivity index (χ2v) is 4.89. The van der Waals surface area contributed by atoms with Gasteiger partial charge in [0.25, 0.3) is 0 Å². The van der Waals surface area contributed by atoms with E-state index >= 15 is 0 Å². The number of rotatable bonds is 5. The number of hydrogen-bond donors (Lipinski definition) is 2. The number of aryl methyl sites for hydroxylation is 2. The molecule has 2 rings (SSSR count). The second kappa shape index (κ2) is 5.10. The van der Waals surface area contributed by atoms with E-state index in [1.807, 2.05) is 17.7 Å². The number of nitrogens with one attached hydrogen (secondary N) is 1. The third-order valence-electron chi connectivity index (χ3n) is 3.71. The lowest BCUT2D eigenvalue weighted by molar-refractivity contribution is -0.144. The van der Waals surface area contributed by atoms with Gasteiger partial charge in [0, 0.05) is 18.7 Å². The molecule has 1 aromatic rings. The molecule has 1 saturated heterocycles. The largest absolute Gasteiger partial charge is 0.480 e. The predicted octanol–water partition coefficient (Wildman–Crippen LogP) is 1.21. The number of carboxylic acid groups (broad SMARTS) is 1. The number of aromatic nitrogens is 2. The number of carbonyl (C=O) groups is 1. The van der Waals surface area contributed by atoms with Crippen LogP contribution in [0.5, 0.6) is 0 Å². The van der Waals surface area contributed by atoms with Crippen LogP contribution in [0, 0.1) is 0 Å². The highest BCUT2D eigenvalue weighted by molar-refractivity contribution is 5.79. The summed E-state index contributed by atoms with van der Waals surface area (Å²) in [6, 6.07) is 2.04. The molecule has 100 valence electrons. The molecule has 0 radical (unpaired) electrons. The van der Waals surface area contributed by atoms with Gasteiger partial charge in [-0.05, 0) is 38.8 Å². The van der Waals surface area contributed by atoms with Crippen LogP contribution in [0.4, 0.5) is 0 Å². The second-order valence-electron chi connectivity index (χ2n) is 4.89. The van der Waals surface area contributed by atoms with Crippen molar-refractivity contribution < 1.29 is 9.90 Å². The lowest BCUT2D eigenvalue weighted by Crippen LogP contribution is -2.49. The molecule has 1 aliphatic heterocycles. The molecule has 1 aliphatic rings. The van der Waals surface area contributed by atoms with Crippen molar-refractivity contribution in [3.8, 4) is 0 Å². The van der Waals surface area contributed by atoms with Gasteiger partial charge in [0.1, 0.15) is 5.54 Å². The zero-order valence-corrected chi connectivity index (χ0v) is 11.1. The van der Waals surface area contributed by atoms with Crippen LogP contribution in [0.2, 0.25) is 0 Å². The average molecular weight is 251 g/mol. The van der Waals surface area contributed by atoms with Crippen molar-refractivity contribution in [2.75, 3.05) is 6.54 Å². The molecule has 1 aromatic heterocycles. The Morgan fingerprint density at radius 1 is 1.61 bits per heavy atom. The molecule has 0 aliphatic carbocycles. The van der Waals surface area contributed by atoms with Crippen molar-refractivity contribution in [3.05, 3.63) is 17.5 Å². The van der Waals surface area contributed by atoms with Gasteiger partial charge in [-0.15, -0.1) is 0 Å². The molecule has 0 amide bonds. The molecule has 2 heterocycles. The van der Waals surface area contributed by atoms with E-state index in [1.54, 1.807) is 0 Å². The summed E-state index contributed by atoms with van der Waals surface area (Å²) in [5.74, 6) is -0.748. The number of aliphatic carboxylic acids is 1. The summed E-state index contributed by atoms with van der Waals surface area (Å²) in [4.78, 5) is 11.5. The Morgan fingerprint density at radius 2 is 2.39 bits per heavy atom. The molecule has 5 heteroatoms. The van der Waals surface area contributed by atoms with E-state index in [9.17, 15) is 9.90 Å². The van der Waals surface area contributed by atoms with Crippen LogP contribution in [0.3, 0.4) is 0 Å². The minimum Gasteiger partial charge on any atom is -0.480 e. The highest BCUT2D eigenvalue weighted by atomic mass is 16.4. The number of hydrogen-bond acceptors (Lipinski definition) is 3. The summed E-state index contributed by atoms with van der Waals surface area (Å²) in [5.41, 5.74) is 1.26. The molecule has 0 saturated carbocycles. The van der Waals surface area contributed by atoms with E-state index in [4.69, 9.17) is 0 Å². The zero-order valence-electron chi connectivity index (χ0n) is 11.1. The van der Waals surface area contributed by atoms with E-state index in [0.29, 0.717) is 12.8 Å². The topological polar surface area (TPSA) is 67.2 Å². The van der Waals surface area contributed by atoms with Crippen molar-refractivity contribution in [1.29, 1.82) is 0 Å². The SMILES string of the molecule is CCc1cc(CC2(C(=O)O)CCCN2)n(CC)n1. The quantitative estimate of drug-likeness (QED) is 0.825. The molecular formula is C13H21N3O2. The predicted molar refractivity (Wildman–Crippen MR) is 68.6 cm³/mol. The lowest BCUT2D eigenvalue weighted by atomic mass is 9.91. The van der Waals surface area contributed by atoms with Crippen LogP contribution in [0.15, 0.2) is 6.07 Å². The molecule has 0 bridgehead atoms. The first-order valence-electron chi connectivity index (χ1n) is 6.65. The Kier molecular flexibility index (Phi) is 3.71. The molecule has 2 N–H and O–H groups in total. The summed E-state index contributed by atoms with van der Waals surface area (Å²) in [6.07, 6.45) is 3.02. The van der Waals surface area contributed by atoms with Gasteiger partial charge in [-0.2, -0.15) is 5.10 Å². The molecule has 18 heavy (non-hydrogen) atoms. The fourth-order valence-corrected chi connectivity index (χ4v) is 2.63. The van der Waals surface area contributed by atoms with Crippen molar-refractivity contribution in [2.45, 2.75) is 51.6 Å². The summed E-state index contributed by atoms with van der Waals surface area (Å²) in [7, 11) is 0. The number of carboxylic acids is 1. The molecule has 1 atom stereocenters. The fourth-order valence-electron chi connectivity index (χ4n) is 2.63. The fraction of sp³-hybridized carbons (Fsp3) is 0.692. The maximum absolute atomic E-state index is 11.5. The molecule has 0 aromatic carbocycles. The number of nitrogens with zero attached hydrogens (tertiary/aromatic N) is 2. The summed E-state index contributed by atoms with van der Waals surface area (Å²) < 4.78 is 1.92. The molecule has 1 unspecified atom stereocenters. The Labute approximate surface area is 107 Å². The van der Waals surface area contributed by atoms with E-state index < -0.39 is 11.5 Å². The van der Waals surface area contributed by atoms with Crippen LogP contribution in [0.1, 0.15) is 38.1 Å². The standard InChI is InChI=1S/C13H21N3O2/c1-3-10-8-11(16(4-2)15-10)9-13(12(17)18)6-5-7-14-13/h8,14H,3-7,9H2,1-2H3,(H,17,18). The van der Waals surface area contributed by atoms with Crippen LogP contribution >= 0.6 is 0 Å². The maximum atomic E-state index is 11.5. The smallest absolute Gasteiger partial charge is 0.324 e.